The van der Waals surface area contributed by atoms with Gasteiger partial charge in [-0.2, -0.15) is 4.31 Å². The molecule has 1 N–H and O–H groups in total. The summed E-state index contributed by atoms with van der Waals surface area (Å²) in [5, 5.41) is 21.8. The smallest absolute Gasteiger partial charge is 0.284 e. The number of nitro groups is 1. The maximum Gasteiger partial charge on any atom is 0.284 e. The number of hydrogen-bond acceptors (Lipinski definition) is 9. The van der Waals surface area contributed by atoms with Gasteiger partial charge in [0.15, 0.2) is 0 Å². The number of amides is 1. The number of aromatic nitrogens is 2. The van der Waals surface area contributed by atoms with Crippen LogP contribution in [0, 0.1) is 17.0 Å². The molecule has 0 spiro atoms. The molecule has 3 aromatic rings. The van der Waals surface area contributed by atoms with Gasteiger partial charge in [-0.1, -0.05) is 0 Å². The van der Waals surface area contributed by atoms with Crippen LogP contribution in [0.1, 0.15) is 29.1 Å². The molecule has 1 amide bonds. The van der Waals surface area contributed by atoms with Crippen molar-refractivity contribution in [3.05, 3.63) is 64.0 Å². The van der Waals surface area contributed by atoms with E-state index in [-0.39, 0.29) is 26.3 Å². The first-order valence-corrected chi connectivity index (χ1v) is 12.2. The van der Waals surface area contributed by atoms with Crippen molar-refractivity contribution < 1.29 is 22.6 Å². The van der Waals surface area contributed by atoms with Gasteiger partial charge >= 0.3 is 0 Å². The van der Waals surface area contributed by atoms with E-state index < -0.39 is 20.9 Å². The number of carbonyl (C=O) groups excluding carboxylic acids is 1. The fraction of sp³-hybridized carbons (Fsp3) is 0.250. The van der Waals surface area contributed by atoms with E-state index in [4.69, 9.17) is 4.42 Å². The Morgan fingerprint density at radius 2 is 1.85 bits per heavy atom. The first-order chi connectivity index (χ1) is 15.7. The highest BCUT2D eigenvalue weighted by molar-refractivity contribution is 7.99. The van der Waals surface area contributed by atoms with Crippen molar-refractivity contribution in [1.29, 1.82) is 0 Å². The molecule has 0 saturated carbocycles. The average Bonchev–Trinajstić information content (AvgIpc) is 3.47. The summed E-state index contributed by atoms with van der Waals surface area (Å²) < 4.78 is 31.9. The first-order valence-electron chi connectivity index (χ1n) is 9.92. The Morgan fingerprint density at radius 1 is 1.15 bits per heavy atom. The number of nitro benzene ring substituents is 1. The summed E-state index contributed by atoms with van der Waals surface area (Å²) in [6.45, 7) is 2.60. The molecule has 1 aliphatic heterocycles. The Kier molecular flexibility index (Phi) is 6.44. The van der Waals surface area contributed by atoms with E-state index in [1.54, 1.807) is 6.92 Å². The minimum atomic E-state index is -3.55. The Bertz CT molecular complexity index is 1300. The maximum atomic E-state index is 12.6. The van der Waals surface area contributed by atoms with Crippen molar-refractivity contribution in [2.24, 2.45) is 0 Å². The molecular weight excluding hydrogens is 470 g/mol. The lowest BCUT2D eigenvalue weighted by atomic mass is 10.2. The summed E-state index contributed by atoms with van der Waals surface area (Å²) in [6, 6.07) is 9.86. The van der Waals surface area contributed by atoms with Crippen molar-refractivity contribution >= 4 is 39.1 Å². The number of nitrogens with zero attached hydrogens (tertiary/aromatic N) is 4. The lowest BCUT2D eigenvalue weighted by Gasteiger charge is -2.15. The largest absolute Gasteiger partial charge is 0.416 e. The molecule has 33 heavy (non-hydrogen) atoms. The van der Waals surface area contributed by atoms with Crippen LogP contribution >= 0.6 is 11.8 Å². The number of aryl methyl sites for hydroxylation is 1. The molecule has 0 bridgehead atoms. The van der Waals surface area contributed by atoms with Crippen LogP contribution in [0.5, 0.6) is 0 Å². The highest BCUT2D eigenvalue weighted by Crippen LogP contribution is 2.35. The van der Waals surface area contributed by atoms with Crippen LogP contribution in [-0.4, -0.2) is 46.8 Å². The Labute approximate surface area is 193 Å². The molecule has 0 atom stereocenters. The van der Waals surface area contributed by atoms with Crippen LogP contribution in [0.25, 0.3) is 0 Å². The monoisotopic (exact) mass is 489 g/mol. The predicted octanol–water partition coefficient (Wildman–Crippen LogP) is 3.47. The summed E-state index contributed by atoms with van der Waals surface area (Å²) in [6.07, 6.45) is 1.68. The molecule has 11 nitrogen and oxygen atoms in total. The van der Waals surface area contributed by atoms with E-state index in [1.165, 1.54) is 40.7 Å². The van der Waals surface area contributed by atoms with Gasteiger partial charge in [-0.3, -0.25) is 14.9 Å². The molecular formula is C20H19N5O6S2. The normalized spacial score (nSPS) is 14.3. The fourth-order valence-electron chi connectivity index (χ4n) is 3.29. The molecule has 0 aliphatic carbocycles. The second-order valence-electron chi connectivity index (χ2n) is 7.22. The summed E-state index contributed by atoms with van der Waals surface area (Å²) in [4.78, 5) is 24.0. The molecule has 2 heterocycles. The standard InChI is InChI=1S/C20H19N5O6S2/c1-13-22-23-20(31-13)32-18-9-4-14(12-17(18)25(27)28)19(26)21-15-5-7-16(8-6-15)33(29,30)24-10-2-3-11-24/h4-9,12H,2-3,10-11H2,1H3,(H,21,26). The van der Waals surface area contributed by atoms with Gasteiger partial charge in [-0.25, -0.2) is 8.42 Å². The van der Waals surface area contributed by atoms with E-state index in [2.05, 4.69) is 15.5 Å². The van der Waals surface area contributed by atoms with Gasteiger partial charge in [-0.05, 0) is 61.0 Å². The number of sulfonamides is 1. The van der Waals surface area contributed by atoms with E-state index >= 15 is 0 Å². The molecule has 1 saturated heterocycles. The molecule has 2 aromatic carbocycles. The second-order valence-corrected chi connectivity index (χ2v) is 10.1. The zero-order valence-electron chi connectivity index (χ0n) is 17.4. The third kappa shape index (κ3) is 5.05. The molecule has 172 valence electrons. The van der Waals surface area contributed by atoms with E-state index in [1.807, 2.05) is 0 Å². The Hall–Kier alpha value is -3.29. The molecule has 4 rings (SSSR count). The fourth-order valence-corrected chi connectivity index (χ4v) is 5.62. The number of hydrogen-bond donors (Lipinski definition) is 1. The number of nitrogens with one attached hydrogen (secondary N) is 1. The van der Waals surface area contributed by atoms with Gasteiger partial charge in [0, 0.05) is 37.3 Å². The molecule has 1 aliphatic rings. The zero-order chi connectivity index (χ0) is 23.6. The predicted molar refractivity (Wildman–Crippen MR) is 119 cm³/mol. The lowest BCUT2D eigenvalue weighted by molar-refractivity contribution is -0.387. The molecule has 1 aromatic heterocycles. The van der Waals surface area contributed by atoms with Gasteiger partial charge < -0.3 is 9.73 Å². The van der Waals surface area contributed by atoms with E-state index in [0.29, 0.717) is 24.7 Å². The number of carbonyl (C=O) groups is 1. The summed E-state index contributed by atoms with van der Waals surface area (Å²) in [7, 11) is -3.55. The van der Waals surface area contributed by atoms with Crippen molar-refractivity contribution in [1.82, 2.24) is 14.5 Å². The minimum absolute atomic E-state index is 0.0709. The third-order valence-electron chi connectivity index (χ3n) is 4.94. The molecule has 0 unspecified atom stereocenters. The van der Waals surface area contributed by atoms with Gasteiger partial charge in [0.1, 0.15) is 0 Å². The van der Waals surface area contributed by atoms with E-state index in [9.17, 15) is 23.3 Å². The molecule has 1 fully saturated rings. The van der Waals surface area contributed by atoms with Gasteiger partial charge in [0.25, 0.3) is 16.8 Å². The van der Waals surface area contributed by atoms with Gasteiger partial charge in [0.05, 0.1) is 14.7 Å². The van der Waals surface area contributed by atoms with Crippen LogP contribution in [-0.2, 0) is 10.0 Å². The number of benzene rings is 2. The third-order valence-corrected chi connectivity index (χ3v) is 7.76. The minimum Gasteiger partial charge on any atom is -0.416 e. The summed E-state index contributed by atoms with van der Waals surface area (Å²) in [5.74, 6) is -0.242. The van der Waals surface area contributed by atoms with Crippen molar-refractivity contribution in [3.8, 4) is 0 Å². The van der Waals surface area contributed by atoms with Crippen molar-refractivity contribution in [2.75, 3.05) is 18.4 Å². The number of anilines is 1. The van der Waals surface area contributed by atoms with Crippen LogP contribution < -0.4 is 5.32 Å². The quantitative estimate of drug-likeness (QED) is 0.389. The van der Waals surface area contributed by atoms with Crippen LogP contribution in [0.4, 0.5) is 11.4 Å². The highest BCUT2D eigenvalue weighted by atomic mass is 32.2. The molecule has 13 heteroatoms. The van der Waals surface area contributed by atoms with E-state index in [0.717, 1.165) is 30.7 Å². The molecule has 0 radical (unpaired) electrons. The zero-order valence-corrected chi connectivity index (χ0v) is 19.1. The average molecular weight is 490 g/mol. The number of rotatable bonds is 7. The second kappa shape index (κ2) is 9.29. The maximum absolute atomic E-state index is 12.6. The van der Waals surface area contributed by atoms with Crippen LogP contribution in [0.15, 0.2) is 61.9 Å². The Morgan fingerprint density at radius 3 is 2.45 bits per heavy atom. The van der Waals surface area contributed by atoms with Crippen molar-refractivity contribution in [2.45, 2.75) is 34.8 Å². The SMILES string of the molecule is Cc1nnc(Sc2ccc(C(=O)Nc3ccc(S(=O)(=O)N4CCCC4)cc3)cc2[N+](=O)[O-])o1. The van der Waals surface area contributed by atoms with Gasteiger partial charge in [0.2, 0.25) is 15.9 Å². The summed E-state index contributed by atoms with van der Waals surface area (Å²) in [5.41, 5.74) is 0.153. The van der Waals surface area contributed by atoms with Crippen LogP contribution in [0.3, 0.4) is 0 Å². The lowest BCUT2D eigenvalue weighted by Crippen LogP contribution is -2.27. The summed E-state index contributed by atoms with van der Waals surface area (Å²) >= 11 is 0.927. The van der Waals surface area contributed by atoms with Gasteiger partial charge in [-0.15, -0.1) is 10.2 Å². The van der Waals surface area contributed by atoms with Crippen molar-refractivity contribution in [3.63, 3.8) is 0 Å². The Balaban J connectivity index is 1.50. The van der Waals surface area contributed by atoms with Crippen LogP contribution in [0.2, 0.25) is 0 Å². The topological polar surface area (TPSA) is 149 Å². The first kappa shape index (κ1) is 22.9. The highest BCUT2D eigenvalue weighted by Gasteiger charge is 2.27.